The van der Waals surface area contributed by atoms with E-state index < -0.39 is 11.9 Å². The topological polar surface area (TPSA) is 127 Å². The van der Waals surface area contributed by atoms with Crippen LogP contribution in [0.3, 0.4) is 0 Å². The Bertz CT molecular complexity index is 1390. The fraction of sp³-hybridized carbons (Fsp3) is 0.375. The number of benzene rings is 2. The van der Waals surface area contributed by atoms with Gasteiger partial charge in [0, 0.05) is 37.2 Å². The molecule has 10 nitrogen and oxygen atoms in total. The van der Waals surface area contributed by atoms with Crippen LogP contribution in [0.2, 0.25) is 0 Å². The Morgan fingerprint density at radius 2 is 1.60 bits per heavy atom. The molecule has 0 aliphatic carbocycles. The Hall–Kier alpha value is -4.60. The molecule has 0 saturated heterocycles. The van der Waals surface area contributed by atoms with Crippen LogP contribution in [0, 0.1) is 12.8 Å². The number of urea groups is 1. The Morgan fingerprint density at radius 3 is 2.19 bits per heavy atom. The van der Waals surface area contributed by atoms with Gasteiger partial charge < -0.3 is 26.0 Å². The van der Waals surface area contributed by atoms with Crippen LogP contribution in [0.15, 0.2) is 54.6 Å². The third-order valence-electron chi connectivity index (χ3n) is 6.80. The molecule has 3 rings (SSSR count). The van der Waals surface area contributed by atoms with Crippen molar-refractivity contribution >= 4 is 46.4 Å². The molecule has 0 atom stereocenters. The first-order valence-corrected chi connectivity index (χ1v) is 14.5. The van der Waals surface area contributed by atoms with E-state index in [-0.39, 0.29) is 34.6 Å². The smallest absolute Gasteiger partial charge is 0.326 e. The highest BCUT2D eigenvalue weighted by Gasteiger charge is 2.27. The average Bonchev–Trinajstić information content (AvgIpc) is 2.97. The largest absolute Gasteiger partial charge is 0.506 e. The van der Waals surface area contributed by atoms with E-state index in [0.29, 0.717) is 23.5 Å². The van der Waals surface area contributed by atoms with Crippen molar-refractivity contribution in [2.45, 2.75) is 54.4 Å². The number of carbonyl (C=O) groups is 3. The van der Waals surface area contributed by atoms with Gasteiger partial charge >= 0.3 is 6.03 Å². The van der Waals surface area contributed by atoms with Gasteiger partial charge in [-0.3, -0.25) is 14.5 Å². The van der Waals surface area contributed by atoms with E-state index in [1.165, 1.54) is 17.0 Å². The zero-order valence-corrected chi connectivity index (χ0v) is 25.3. The molecule has 4 amide bonds. The summed E-state index contributed by atoms with van der Waals surface area (Å²) in [6.45, 7) is 13.4. The van der Waals surface area contributed by atoms with Crippen molar-refractivity contribution in [1.29, 1.82) is 0 Å². The second kappa shape index (κ2) is 14.9. The monoisotopic (exact) mass is 574 g/mol. The van der Waals surface area contributed by atoms with Crippen molar-refractivity contribution in [2.24, 2.45) is 5.92 Å². The molecule has 0 saturated carbocycles. The second-order valence-electron chi connectivity index (χ2n) is 10.2. The number of carbonyl (C=O) groups excluding carboxylic acids is 3. The van der Waals surface area contributed by atoms with Crippen LogP contribution in [-0.2, 0) is 4.79 Å². The Kier molecular flexibility index (Phi) is 11.3. The van der Waals surface area contributed by atoms with Gasteiger partial charge in [0.15, 0.2) is 0 Å². The zero-order valence-electron chi connectivity index (χ0n) is 25.3. The number of unbranched alkanes of at least 4 members (excludes halogenated alkanes) is 1. The summed E-state index contributed by atoms with van der Waals surface area (Å²) in [5.41, 5.74) is 2.04. The second-order valence-corrected chi connectivity index (χ2v) is 10.2. The normalized spacial score (nSPS) is 10.7. The summed E-state index contributed by atoms with van der Waals surface area (Å²) < 4.78 is 0. The van der Waals surface area contributed by atoms with Gasteiger partial charge in [-0.2, -0.15) is 0 Å². The van der Waals surface area contributed by atoms with Gasteiger partial charge in [0.25, 0.3) is 5.91 Å². The van der Waals surface area contributed by atoms with E-state index in [2.05, 4.69) is 20.9 Å². The quantitative estimate of drug-likeness (QED) is 0.146. The highest BCUT2D eigenvalue weighted by Crippen LogP contribution is 2.41. The lowest BCUT2D eigenvalue weighted by Crippen LogP contribution is -2.38. The molecule has 224 valence electrons. The van der Waals surface area contributed by atoms with Gasteiger partial charge in [-0.1, -0.05) is 45.4 Å². The van der Waals surface area contributed by atoms with Gasteiger partial charge in [-0.25, -0.2) is 9.78 Å². The first-order chi connectivity index (χ1) is 20.1. The van der Waals surface area contributed by atoms with Crippen molar-refractivity contribution < 1.29 is 19.5 Å². The molecule has 3 aromatic rings. The Balaban J connectivity index is 2.20. The summed E-state index contributed by atoms with van der Waals surface area (Å²) >= 11 is 0. The molecule has 1 aromatic heterocycles. The molecule has 1 heterocycles. The van der Waals surface area contributed by atoms with Crippen molar-refractivity contribution in [1.82, 2.24) is 10.3 Å². The number of anilines is 5. The number of nitrogens with one attached hydrogen (secondary N) is 3. The first kappa shape index (κ1) is 31.9. The van der Waals surface area contributed by atoms with Crippen LogP contribution < -0.4 is 25.8 Å². The summed E-state index contributed by atoms with van der Waals surface area (Å²) in [6.07, 6.45) is 1.67. The predicted molar refractivity (Wildman–Crippen MR) is 169 cm³/mol. The standard InChI is InChI=1S/C32H42N6O4/c1-7-10-18-33-32(42)38(26-16-17-29(34-22(26)6)37(8-2)9-3)27-19-25(36-31(41)23-14-12-11-13-15-23)28(39)20-24(27)35-30(40)21(4)5/h11-17,19-21,39H,7-10,18H2,1-6H3,(H,33,42)(H,35,40)(H,36,41). The maximum Gasteiger partial charge on any atom is 0.326 e. The van der Waals surface area contributed by atoms with Crippen molar-refractivity contribution in [3.8, 4) is 5.75 Å². The SMILES string of the molecule is CCCCNC(=O)N(c1cc(NC(=O)c2ccccc2)c(O)cc1NC(=O)C(C)C)c1ccc(N(CC)CC)nc1C. The average molecular weight is 575 g/mol. The molecule has 42 heavy (non-hydrogen) atoms. The Labute approximate surface area is 248 Å². The molecular formula is C32H42N6O4. The zero-order chi connectivity index (χ0) is 30.8. The third-order valence-corrected chi connectivity index (χ3v) is 6.80. The minimum atomic E-state index is -0.435. The summed E-state index contributed by atoms with van der Waals surface area (Å²) in [5, 5.41) is 19.5. The molecule has 2 aromatic carbocycles. The predicted octanol–water partition coefficient (Wildman–Crippen LogP) is 6.44. The molecule has 0 spiro atoms. The number of phenols is 1. The van der Waals surface area contributed by atoms with Gasteiger partial charge in [0.2, 0.25) is 5.91 Å². The number of nitrogens with zero attached hydrogens (tertiary/aromatic N) is 3. The number of phenolic OH excluding ortho intramolecular Hbond substituents is 1. The minimum absolute atomic E-state index is 0.0816. The van der Waals surface area contributed by atoms with Crippen LogP contribution in [0.5, 0.6) is 5.75 Å². The summed E-state index contributed by atoms with van der Waals surface area (Å²) in [4.78, 5) is 48.0. The number of pyridine rings is 1. The maximum atomic E-state index is 13.8. The third kappa shape index (κ3) is 7.78. The fourth-order valence-electron chi connectivity index (χ4n) is 4.32. The number of rotatable bonds is 12. The lowest BCUT2D eigenvalue weighted by molar-refractivity contribution is -0.118. The Morgan fingerprint density at radius 1 is 0.905 bits per heavy atom. The molecule has 0 bridgehead atoms. The number of amides is 4. The van der Waals surface area contributed by atoms with E-state index >= 15 is 0 Å². The summed E-state index contributed by atoms with van der Waals surface area (Å²) in [7, 11) is 0. The summed E-state index contributed by atoms with van der Waals surface area (Å²) in [6, 6.07) is 14.7. The molecule has 0 aliphatic rings. The van der Waals surface area contributed by atoms with Crippen LogP contribution in [0.1, 0.15) is 63.5 Å². The maximum absolute atomic E-state index is 13.8. The van der Waals surface area contributed by atoms with Gasteiger partial charge in [-0.15, -0.1) is 0 Å². The molecule has 0 aliphatic heterocycles. The van der Waals surface area contributed by atoms with E-state index in [1.807, 2.05) is 39.8 Å². The number of aromatic hydroxyl groups is 1. The van der Waals surface area contributed by atoms with E-state index in [4.69, 9.17) is 4.98 Å². The number of aryl methyl sites for hydroxylation is 1. The van der Waals surface area contributed by atoms with Crippen LogP contribution in [0.4, 0.5) is 33.4 Å². The lowest BCUT2D eigenvalue weighted by Gasteiger charge is -2.29. The van der Waals surface area contributed by atoms with Gasteiger partial charge in [-0.05, 0) is 57.5 Å². The first-order valence-electron chi connectivity index (χ1n) is 14.5. The highest BCUT2D eigenvalue weighted by atomic mass is 16.3. The van der Waals surface area contributed by atoms with E-state index in [9.17, 15) is 19.5 Å². The van der Waals surface area contributed by atoms with E-state index in [0.717, 1.165) is 31.7 Å². The van der Waals surface area contributed by atoms with Crippen LogP contribution in [0.25, 0.3) is 0 Å². The highest BCUT2D eigenvalue weighted by molar-refractivity contribution is 6.09. The van der Waals surface area contributed by atoms with Crippen LogP contribution in [-0.4, -0.2) is 47.6 Å². The van der Waals surface area contributed by atoms with Crippen LogP contribution >= 0.6 is 0 Å². The van der Waals surface area contributed by atoms with Gasteiger partial charge in [0.1, 0.15) is 11.6 Å². The molecular weight excluding hydrogens is 532 g/mol. The van der Waals surface area contributed by atoms with E-state index in [1.54, 1.807) is 44.2 Å². The number of aromatic nitrogens is 1. The van der Waals surface area contributed by atoms with Gasteiger partial charge in [0.05, 0.1) is 28.4 Å². The van der Waals surface area contributed by atoms with Crippen molar-refractivity contribution in [2.75, 3.05) is 40.1 Å². The molecule has 4 N–H and O–H groups in total. The molecule has 0 unspecified atom stereocenters. The summed E-state index contributed by atoms with van der Waals surface area (Å²) in [5.74, 6) is -0.574. The molecule has 0 radical (unpaired) electrons. The van der Waals surface area contributed by atoms with Crippen molar-refractivity contribution in [3.05, 3.63) is 65.9 Å². The number of hydrogen-bond donors (Lipinski definition) is 4. The fourth-order valence-corrected chi connectivity index (χ4v) is 4.32. The number of hydrogen-bond acceptors (Lipinski definition) is 6. The van der Waals surface area contributed by atoms with Crippen molar-refractivity contribution in [3.63, 3.8) is 0 Å². The lowest BCUT2D eigenvalue weighted by atomic mass is 10.1. The molecule has 10 heteroatoms. The molecule has 0 fully saturated rings. The minimum Gasteiger partial charge on any atom is -0.506 e.